The highest BCUT2D eigenvalue weighted by Gasteiger charge is 2.36. The van der Waals surface area contributed by atoms with Crippen LogP contribution < -0.4 is 24.4 Å². The zero-order chi connectivity index (χ0) is 35.7. The number of methoxy groups -OCH3 is 2. The summed E-state index contributed by atoms with van der Waals surface area (Å²) < 4.78 is 47.1. The summed E-state index contributed by atoms with van der Waals surface area (Å²) in [5.74, 6) is 0.288. The van der Waals surface area contributed by atoms with Gasteiger partial charge in [0.15, 0.2) is 4.80 Å². The topological polar surface area (TPSA) is 161 Å². The highest BCUT2D eigenvalue weighted by Crippen LogP contribution is 2.39. The van der Waals surface area contributed by atoms with Gasteiger partial charge in [-0.3, -0.25) is 19.5 Å². The Morgan fingerprint density at radius 3 is 2.54 bits per heavy atom. The highest BCUT2D eigenvalue weighted by molar-refractivity contribution is 7.90. The molecular formula is C35H32N4O9S2. The Hall–Kier alpha value is -5.54. The van der Waals surface area contributed by atoms with Crippen molar-refractivity contribution in [3.8, 4) is 11.5 Å². The van der Waals surface area contributed by atoms with Crippen LogP contribution in [0.5, 0.6) is 11.5 Å². The average molecular weight is 717 g/mol. The fourth-order valence-electron chi connectivity index (χ4n) is 5.97. The summed E-state index contributed by atoms with van der Waals surface area (Å²) in [6, 6.07) is 15.7. The van der Waals surface area contributed by atoms with Gasteiger partial charge < -0.3 is 14.2 Å². The lowest BCUT2D eigenvalue weighted by Gasteiger charge is -2.27. The molecule has 50 heavy (non-hydrogen) atoms. The van der Waals surface area contributed by atoms with Gasteiger partial charge in [-0.1, -0.05) is 48.9 Å². The van der Waals surface area contributed by atoms with Gasteiger partial charge in [0.05, 0.1) is 52.0 Å². The Morgan fingerprint density at radius 1 is 1.06 bits per heavy atom. The number of esters is 1. The number of carbonyl (C=O) groups excluding carboxylic acids is 1. The Morgan fingerprint density at radius 2 is 1.84 bits per heavy atom. The minimum atomic E-state index is -4.29. The van der Waals surface area contributed by atoms with E-state index in [2.05, 4.69) is 0 Å². The minimum Gasteiger partial charge on any atom is -0.497 e. The van der Waals surface area contributed by atoms with Crippen LogP contribution in [0.4, 0.5) is 5.69 Å². The number of hydrogen-bond donors (Lipinski definition) is 0. The molecule has 5 aromatic rings. The maximum Gasteiger partial charge on any atom is 0.338 e. The Bertz CT molecular complexity index is 2490. The third-order valence-electron chi connectivity index (χ3n) is 8.20. The number of nitro groups is 1. The molecule has 3 aromatic carbocycles. The van der Waals surface area contributed by atoms with Gasteiger partial charge in [0.2, 0.25) is 0 Å². The average Bonchev–Trinajstić information content (AvgIpc) is 3.64. The number of aromatic nitrogens is 2. The quantitative estimate of drug-likeness (QED) is 0.107. The number of nitro benzene ring substituents is 1. The Balaban J connectivity index is 1.60. The summed E-state index contributed by atoms with van der Waals surface area (Å²) in [6.45, 7) is 3.76. The zero-order valence-electron chi connectivity index (χ0n) is 27.5. The number of benzene rings is 3. The molecule has 0 N–H and O–H groups in total. The molecule has 1 aliphatic heterocycles. The summed E-state index contributed by atoms with van der Waals surface area (Å²) >= 11 is 1.10. The van der Waals surface area contributed by atoms with E-state index in [1.807, 2.05) is 6.92 Å². The number of thiazole rings is 1. The Kier molecular flexibility index (Phi) is 9.45. The smallest absolute Gasteiger partial charge is 0.338 e. The van der Waals surface area contributed by atoms with E-state index in [9.17, 15) is 28.1 Å². The molecular weight excluding hydrogens is 685 g/mol. The van der Waals surface area contributed by atoms with Gasteiger partial charge in [0, 0.05) is 34.8 Å². The molecule has 0 radical (unpaired) electrons. The van der Waals surface area contributed by atoms with Crippen LogP contribution in [0.3, 0.4) is 0 Å². The predicted octanol–water partition coefficient (Wildman–Crippen LogP) is 4.70. The SMILES string of the molecule is CCCC1=C(C(=O)OCC)[C@@H](c2cc(OC)ccc2OC)n2c(s/c(=C\c3cn(S(=O)(=O)c4cccc([N+](=O)[O-])c4)c4ccccc34)c2=O)=N1. The lowest BCUT2D eigenvalue weighted by atomic mass is 9.93. The maximum atomic E-state index is 14.5. The molecule has 0 saturated heterocycles. The van der Waals surface area contributed by atoms with E-state index in [-0.39, 0.29) is 27.3 Å². The molecule has 13 nitrogen and oxygen atoms in total. The van der Waals surface area contributed by atoms with Crippen LogP contribution >= 0.6 is 11.3 Å². The fourth-order valence-corrected chi connectivity index (χ4v) is 8.40. The number of fused-ring (bicyclic) bond motifs is 2. The molecule has 3 heterocycles. The number of rotatable bonds is 11. The van der Waals surface area contributed by atoms with Gasteiger partial charge in [-0.2, -0.15) is 0 Å². The predicted molar refractivity (Wildman–Crippen MR) is 187 cm³/mol. The molecule has 0 unspecified atom stereocenters. The van der Waals surface area contributed by atoms with E-state index in [4.69, 9.17) is 19.2 Å². The van der Waals surface area contributed by atoms with Crippen LogP contribution in [0, 0.1) is 10.1 Å². The van der Waals surface area contributed by atoms with Crippen molar-refractivity contribution in [1.82, 2.24) is 8.54 Å². The summed E-state index contributed by atoms with van der Waals surface area (Å²) in [5.41, 5.74) is 1.06. The number of non-ortho nitro benzene ring substituents is 1. The number of nitrogens with zero attached hydrogens (tertiary/aromatic N) is 4. The molecule has 0 spiro atoms. The van der Waals surface area contributed by atoms with Gasteiger partial charge in [0.25, 0.3) is 21.3 Å². The first-order valence-electron chi connectivity index (χ1n) is 15.6. The summed E-state index contributed by atoms with van der Waals surface area (Å²) in [6.07, 6.45) is 4.06. The number of carbonyl (C=O) groups is 1. The van der Waals surface area contributed by atoms with Crippen LogP contribution in [0.25, 0.3) is 17.0 Å². The van der Waals surface area contributed by atoms with Crippen LogP contribution in [0.2, 0.25) is 0 Å². The monoisotopic (exact) mass is 716 g/mol. The second-order valence-corrected chi connectivity index (χ2v) is 14.0. The van der Waals surface area contributed by atoms with E-state index in [1.165, 1.54) is 43.2 Å². The normalized spacial score (nSPS) is 14.7. The molecule has 6 rings (SSSR count). The van der Waals surface area contributed by atoms with E-state index < -0.39 is 32.5 Å². The second-order valence-electron chi connectivity index (χ2n) is 11.2. The molecule has 1 atom stereocenters. The molecule has 0 fully saturated rings. The van der Waals surface area contributed by atoms with Crippen molar-refractivity contribution in [2.45, 2.75) is 37.6 Å². The van der Waals surface area contributed by atoms with Gasteiger partial charge in [-0.25, -0.2) is 22.2 Å². The van der Waals surface area contributed by atoms with E-state index in [0.29, 0.717) is 56.9 Å². The first-order chi connectivity index (χ1) is 24.0. The van der Waals surface area contributed by atoms with Crippen molar-refractivity contribution in [1.29, 1.82) is 0 Å². The first kappa shape index (κ1) is 34.3. The second kappa shape index (κ2) is 13.8. The molecule has 0 saturated carbocycles. The van der Waals surface area contributed by atoms with Gasteiger partial charge in [0.1, 0.15) is 17.5 Å². The number of ether oxygens (including phenoxy) is 3. The van der Waals surface area contributed by atoms with Gasteiger partial charge >= 0.3 is 5.97 Å². The minimum absolute atomic E-state index is 0.109. The summed E-state index contributed by atoms with van der Waals surface area (Å²) in [7, 11) is -1.29. The maximum absolute atomic E-state index is 14.5. The Labute approximate surface area is 290 Å². The molecule has 0 amide bonds. The van der Waals surface area contributed by atoms with Crippen molar-refractivity contribution in [2.24, 2.45) is 4.99 Å². The largest absolute Gasteiger partial charge is 0.497 e. The molecule has 0 bridgehead atoms. The van der Waals surface area contributed by atoms with Crippen LogP contribution in [0.15, 0.2) is 98.9 Å². The van der Waals surface area contributed by atoms with Crippen LogP contribution in [0.1, 0.15) is 43.9 Å². The van der Waals surface area contributed by atoms with Crippen molar-refractivity contribution in [3.63, 3.8) is 0 Å². The molecule has 15 heteroatoms. The van der Waals surface area contributed by atoms with Crippen molar-refractivity contribution in [3.05, 3.63) is 125 Å². The molecule has 2 aromatic heterocycles. The molecule has 1 aliphatic rings. The standard InChI is InChI=1S/C35H32N4O9S2/c1-5-10-27-31(34(41)48-6-2)32(26-19-23(46-3)15-16-29(26)47-4)38-33(40)30(49-35(38)36-27)17-21-20-37(28-14-8-7-13-25(21)28)50(44,45)24-12-9-11-22(18-24)39(42)43/h7-9,11-20,32H,5-6,10H2,1-4H3/b30-17-/t32-/m1/s1. The number of hydrogen-bond acceptors (Lipinski definition) is 11. The van der Waals surface area contributed by atoms with Crippen molar-refractivity contribution < 1.29 is 32.3 Å². The third kappa shape index (κ3) is 5.98. The zero-order valence-corrected chi connectivity index (χ0v) is 29.1. The number of para-hydroxylation sites is 1. The van der Waals surface area contributed by atoms with E-state index >= 15 is 0 Å². The van der Waals surface area contributed by atoms with Gasteiger partial charge in [-0.15, -0.1) is 0 Å². The first-order valence-corrected chi connectivity index (χ1v) is 17.8. The summed E-state index contributed by atoms with van der Waals surface area (Å²) in [5, 5.41) is 11.9. The number of allylic oxidation sites excluding steroid dienone is 1. The molecule has 258 valence electrons. The van der Waals surface area contributed by atoms with Crippen molar-refractivity contribution >= 4 is 50.0 Å². The lowest BCUT2D eigenvalue weighted by Crippen LogP contribution is -2.40. The third-order valence-corrected chi connectivity index (χ3v) is 10.9. The van der Waals surface area contributed by atoms with Gasteiger partial charge in [-0.05, 0) is 49.8 Å². The van der Waals surface area contributed by atoms with E-state index in [1.54, 1.807) is 55.5 Å². The van der Waals surface area contributed by atoms with E-state index in [0.717, 1.165) is 21.4 Å². The molecule has 0 aliphatic carbocycles. The fraction of sp³-hybridized carbons (Fsp3) is 0.229. The van der Waals surface area contributed by atoms with Crippen LogP contribution in [-0.4, -0.2) is 48.7 Å². The van der Waals surface area contributed by atoms with Crippen LogP contribution in [-0.2, 0) is 19.6 Å². The lowest BCUT2D eigenvalue weighted by molar-refractivity contribution is -0.385. The highest BCUT2D eigenvalue weighted by atomic mass is 32.2. The van der Waals surface area contributed by atoms with Crippen molar-refractivity contribution in [2.75, 3.05) is 20.8 Å². The summed E-state index contributed by atoms with van der Waals surface area (Å²) in [4.78, 5) is 43.7.